The van der Waals surface area contributed by atoms with Gasteiger partial charge in [0.2, 0.25) is 0 Å². The number of carbonyl (C=O) groups is 2. The maximum atomic E-state index is 12.6. The van der Waals surface area contributed by atoms with Crippen molar-refractivity contribution in [2.45, 2.75) is 72.4 Å². The Kier molecular flexibility index (Phi) is 9.23. The summed E-state index contributed by atoms with van der Waals surface area (Å²) in [6.07, 6.45) is 4.57. The largest absolute Gasteiger partial charge is 0.459 e. The van der Waals surface area contributed by atoms with E-state index >= 15 is 0 Å². The second-order valence-electron chi connectivity index (χ2n) is 11.2. The highest BCUT2D eigenvalue weighted by molar-refractivity contribution is 5.91. The van der Waals surface area contributed by atoms with E-state index in [4.69, 9.17) is 13.9 Å². The Morgan fingerprint density at radius 3 is 2.53 bits per heavy atom. The van der Waals surface area contributed by atoms with Gasteiger partial charge in [-0.05, 0) is 62.1 Å². The van der Waals surface area contributed by atoms with E-state index in [0.29, 0.717) is 29.1 Å². The molecular weight excluding hydrogens is 458 g/mol. The zero-order valence-electron chi connectivity index (χ0n) is 22.5. The lowest BCUT2D eigenvalue weighted by molar-refractivity contribution is -0.154. The first-order chi connectivity index (χ1) is 17.0. The molecule has 36 heavy (non-hydrogen) atoms. The highest BCUT2D eigenvalue weighted by Gasteiger charge is 2.44. The number of cyclic esters (lactones) is 1. The summed E-state index contributed by atoms with van der Waals surface area (Å²) in [4.78, 5) is 26.6. The van der Waals surface area contributed by atoms with Gasteiger partial charge in [0.05, 0.1) is 13.2 Å². The van der Waals surface area contributed by atoms with Crippen LogP contribution in [0.3, 0.4) is 0 Å². The first-order valence-corrected chi connectivity index (χ1v) is 12.9. The standard InChI is InChI=1S/C29H41NO6/c1-19(2)11-22(12-20(3)4)8-9-23-15-29(17-31,36-27(23)32)18-34-28(33)30(6)16-25-14-24-13-21(5)7-10-26(24)35-25/h7,9-10,13-14,19-20,22,31H,8,11-12,15-18H2,1-6H3/b23-9+/t29-/m1/s1. The molecular formula is C29H41NO6. The van der Waals surface area contributed by atoms with E-state index in [-0.39, 0.29) is 19.6 Å². The number of aliphatic hydroxyl groups is 1. The van der Waals surface area contributed by atoms with Crippen molar-refractivity contribution in [3.8, 4) is 0 Å². The van der Waals surface area contributed by atoms with E-state index in [1.54, 1.807) is 7.05 Å². The number of rotatable bonds is 11. The molecule has 3 rings (SSSR count). The molecule has 1 aliphatic rings. The summed E-state index contributed by atoms with van der Waals surface area (Å²) in [5.41, 5.74) is 1.19. The number of esters is 1. The van der Waals surface area contributed by atoms with Gasteiger partial charge < -0.3 is 23.9 Å². The Morgan fingerprint density at radius 2 is 1.89 bits per heavy atom. The fraction of sp³-hybridized carbons (Fsp3) is 0.586. The maximum absolute atomic E-state index is 12.6. The second kappa shape index (κ2) is 12.0. The number of carbonyl (C=O) groups excluding carboxylic acids is 2. The number of fused-ring (bicyclic) bond motifs is 1. The normalized spacial score (nSPS) is 19.2. The SMILES string of the molecule is Cc1ccc2oc(CN(C)C(=O)OC[C@]3(CO)C/C(=C\CC(CC(C)C)CC(C)C)C(=O)O3)cc2c1. The first kappa shape index (κ1) is 27.8. The van der Waals surface area contributed by atoms with Crippen LogP contribution in [0.15, 0.2) is 40.3 Å². The molecule has 198 valence electrons. The molecule has 1 aromatic heterocycles. The molecule has 2 heterocycles. The third-order valence-electron chi connectivity index (χ3n) is 6.57. The maximum Gasteiger partial charge on any atom is 0.410 e. The van der Waals surface area contributed by atoms with Crippen molar-refractivity contribution >= 4 is 23.0 Å². The van der Waals surface area contributed by atoms with Crippen LogP contribution in [0.25, 0.3) is 11.0 Å². The van der Waals surface area contributed by atoms with Crippen LogP contribution in [-0.4, -0.2) is 47.9 Å². The van der Waals surface area contributed by atoms with Gasteiger partial charge in [-0.15, -0.1) is 0 Å². The van der Waals surface area contributed by atoms with Gasteiger partial charge in [-0.25, -0.2) is 9.59 Å². The lowest BCUT2D eigenvalue weighted by Crippen LogP contribution is -2.41. The Labute approximate surface area is 214 Å². The van der Waals surface area contributed by atoms with Crippen LogP contribution in [0.2, 0.25) is 0 Å². The molecule has 1 amide bonds. The Bertz CT molecular complexity index is 1070. The van der Waals surface area contributed by atoms with Gasteiger partial charge in [0.1, 0.15) is 18.0 Å². The van der Waals surface area contributed by atoms with E-state index in [0.717, 1.165) is 35.8 Å². The van der Waals surface area contributed by atoms with Crippen LogP contribution in [-0.2, 0) is 20.8 Å². The third kappa shape index (κ3) is 7.36. The van der Waals surface area contributed by atoms with E-state index in [9.17, 15) is 14.7 Å². The van der Waals surface area contributed by atoms with Crippen LogP contribution in [0.5, 0.6) is 0 Å². The molecule has 7 nitrogen and oxygen atoms in total. The number of allylic oxidation sites excluding steroid dienone is 1. The van der Waals surface area contributed by atoms with E-state index in [1.165, 1.54) is 4.90 Å². The van der Waals surface area contributed by atoms with Crippen LogP contribution < -0.4 is 0 Å². The number of benzene rings is 1. The molecule has 1 aromatic carbocycles. The van der Waals surface area contributed by atoms with Gasteiger partial charge >= 0.3 is 12.1 Å². The van der Waals surface area contributed by atoms with Crippen molar-refractivity contribution in [3.05, 3.63) is 47.2 Å². The molecule has 1 N–H and O–H groups in total. The molecule has 1 aliphatic heterocycles. The quantitative estimate of drug-likeness (QED) is 0.301. The number of aryl methyl sites for hydroxylation is 1. The van der Waals surface area contributed by atoms with Crippen molar-refractivity contribution in [1.29, 1.82) is 0 Å². The third-order valence-corrected chi connectivity index (χ3v) is 6.57. The minimum atomic E-state index is -1.25. The van der Waals surface area contributed by atoms with E-state index in [1.807, 2.05) is 37.3 Å². The molecule has 2 aromatic rings. The average molecular weight is 500 g/mol. The summed E-state index contributed by atoms with van der Waals surface area (Å²) in [5, 5.41) is 11.0. The van der Waals surface area contributed by atoms with E-state index < -0.39 is 24.3 Å². The minimum absolute atomic E-state index is 0.212. The summed E-state index contributed by atoms with van der Waals surface area (Å²) in [5.74, 6) is 1.85. The molecule has 0 aliphatic carbocycles. The monoisotopic (exact) mass is 499 g/mol. The number of aliphatic hydroxyl groups excluding tert-OH is 1. The van der Waals surface area contributed by atoms with Gasteiger partial charge in [-0.3, -0.25) is 0 Å². The topological polar surface area (TPSA) is 89.2 Å². The molecule has 0 radical (unpaired) electrons. The highest BCUT2D eigenvalue weighted by atomic mass is 16.6. The zero-order chi connectivity index (χ0) is 26.5. The van der Waals surface area contributed by atoms with Crippen LogP contribution >= 0.6 is 0 Å². The first-order valence-electron chi connectivity index (χ1n) is 12.9. The highest BCUT2D eigenvalue weighted by Crippen LogP contribution is 2.33. The number of amides is 1. The number of ether oxygens (including phenoxy) is 2. The molecule has 0 saturated carbocycles. The number of hydrogen-bond donors (Lipinski definition) is 1. The van der Waals surface area contributed by atoms with Gasteiger partial charge in [-0.2, -0.15) is 0 Å². The Morgan fingerprint density at radius 1 is 1.19 bits per heavy atom. The van der Waals surface area contributed by atoms with Gasteiger partial charge in [0.25, 0.3) is 0 Å². The molecule has 0 unspecified atom stereocenters. The van der Waals surface area contributed by atoms with Gasteiger partial charge in [0, 0.05) is 24.4 Å². The Hall–Kier alpha value is -2.80. The molecule has 1 fully saturated rings. The zero-order valence-corrected chi connectivity index (χ0v) is 22.5. The molecule has 0 spiro atoms. The van der Waals surface area contributed by atoms with Gasteiger partial charge in [-0.1, -0.05) is 45.4 Å². The average Bonchev–Trinajstić information content (AvgIpc) is 3.34. The summed E-state index contributed by atoms with van der Waals surface area (Å²) >= 11 is 0. The summed E-state index contributed by atoms with van der Waals surface area (Å²) < 4.78 is 16.8. The molecule has 1 saturated heterocycles. The fourth-order valence-corrected chi connectivity index (χ4v) is 4.92. The summed E-state index contributed by atoms with van der Waals surface area (Å²) in [6, 6.07) is 7.81. The van der Waals surface area contributed by atoms with Crippen molar-refractivity contribution in [2.75, 3.05) is 20.3 Å². The smallest absolute Gasteiger partial charge is 0.410 e. The van der Waals surface area contributed by atoms with Crippen molar-refractivity contribution in [3.63, 3.8) is 0 Å². The minimum Gasteiger partial charge on any atom is -0.459 e. The number of nitrogens with zero attached hydrogens (tertiary/aromatic N) is 1. The van der Waals surface area contributed by atoms with Gasteiger partial charge in [0.15, 0.2) is 5.60 Å². The van der Waals surface area contributed by atoms with Crippen LogP contribution in [0, 0.1) is 24.7 Å². The second-order valence-corrected chi connectivity index (χ2v) is 11.2. The van der Waals surface area contributed by atoms with Crippen LogP contribution in [0.4, 0.5) is 4.79 Å². The Balaban J connectivity index is 1.58. The summed E-state index contributed by atoms with van der Waals surface area (Å²) in [6.45, 7) is 10.5. The van der Waals surface area contributed by atoms with Crippen LogP contribution in [0.1, 0.15) is 64.7 Å². The predicted molar refractivity (Wildman–Crippen MR) is 139 cm³/mol. The van der Waals surface area contributed by atoms with Crippen molar-refractivity contribution in [1.82, 2.24) is 4.90 Å². The molecule has 0 bridgehead atoms. The molecule has 7 heteroatoms. The predicted octanol–water partition coefficient (Wildman–Crippen LogP) is 6.01. The lowest BCUT2D eigenvalue weighted by atomic mass is 9.86. The fourth-order valence-electron chi connectivity index (χ4n) is 4.92. The van der Waals surface area contributed by atoms with Crippen molar-refractivity contribution in [2.24, 2.45) is 17.8 Å². The molecule has 1 atom stereocenters. The number of furan rings is 1. The van der Waals surface area contributed by atoms with E-state index in [2.05, 4.69) is 27.7 Å². The lowest BCUT2D eigenvalue weighted by Gasteiger charge is -2.25. The van der Waals surface area contributed by atoms with Crippen molar-refractivity contribution < 1.29 is 28.6 Å². The number of hydrogen-bond acceptors (Lipinski definition) is 6. The summed E-state index contributed by atoms with van der Waals surface area (Å²) in [7, 11) is 1.61.